The monoisotopic (exact) mass is 213 g/mol. The fraction of sp³-hybridized carbons (Fsp3) is 0. The highest BCUT2D eigenvalue weighted by molar-refractivity contribution is 5.87. The fourth-order valence-corrected chi connectivity index (χ4v) is 1.49. The van der Waals surface area contributed by atoms with Gasteiger partial charge in [-0.2, -0.15) is 0 Å². The minimum atomic E-state index is -0.216. The van der Waals surface area contributed by atoms with Crippen molar-refractivity contribution in [2.75, 3.05) is 0 Å². The molecule has 0 saturated carbocycles. The standard InChI is InChI=1S/C10H7N5O/c16-10(14-3-1-2-4-14)15-7-13-8-5-11-6-12-9(8)15/h1-7H. The van der Waals surface area contributed by atoms with Gasteiger partial charge in [0.15, 0.2) is 5.65 Å². The number of aromatic nitrogens is 5. The molecule has 0 bridgehead atoms. The lowest BCUT2D eigenvalue weighted by molar-refractivity contribution is 0.244. The van der Waals surface area contributed by atoms with E-state index < -0.39 is 0 Å². The van der Waals surface area contributed by atoms with E-state index in [0.717, 1.165) is 0 Å². The van der Waals surface area contributed by atoms with Crippen molar-refractivity contribution >= 4 is 17.2 Å². The van der Waals surface area contributed by atoms with Gasteiger partial charge in [0.2, 0.25) is 0 Å². The van der Waals surface area contributed by atoms with Gasteiger partial charge in [0.1, 0.15) is 18.2 Å². The lowest BCUT2D eigenvalue weighted by atomic mass is 10.5. The second kappa shape index (κ2) is 3.27. The van der Waals surface area contributed by atoms with E-state index in [1.165, 1.54) is 21.8 Å². The van der Waals surface area contributed by atoms with E-state index in [9.17, 15) is 4.79 Å². The minimum absolute atomic E-state index is 0.216. The van der Waals surface area contributed by atoms with Gasteiger partial charge in [-0.05, 0) is 12.1 Å². The van der Waals surface area contributed by atoms with Crippen molar-refractivity contribution in [3.8, 4) is 0 Å². The first-order valence-electron chi connectivity index (χ1n) is 4.67. The van der Waals surface area contributed by atoms with E-state index in [1.54, 1.807) is 30.7 Å². The van der Waals surface area contributed by atoms with Crippen molar-refractivity contribution in [1.29, 1.82) is 0 Å². The maximum atomic E-state index is 12.0. The molecule has 3 heterocycles. The lowest BCUT2D eigenvalue weighted by Crippen LogP contribution is -2.17. The molecule has 0 spiro atoms. The topological polar surface area (TPSA) is 65.6 Å². The van der Waals surface area contributed by atoms with Crippen LogP contribution in [0, 0.1) is 0 Å². The summed E-state index contributed by atoms with van der Waals surface area (Å²) in [6, 6.07) is 3.35. The third-order valence-electron chi connectivity index (χ3n) is 2.24. The molecule has 0 saturated heterocycles. The van der Waals surface area contributed by atoms with Crippen LogP contribution >= 0.6 is 0 Å². The van der Waals surface area contributed by atoms with Gasteiger partial charge >= 0.3 is 6.03 Å². The largest absolute Gasteiger partial charge is 0.339 e. The van der Waals surface area contributed by atoms with Gasteiger partial charge in [0, 0.05) is 12.4 Å². The highest BCUT2D eigenvalue weighted by Gasteiger charge is 2.11. The molecule has 16 heavy (non-hydrogen) atoms. The first-order valence-corrected chi connectivity index (χ1v) is 4.67. The summed E-state index contributed by atoms with van der Waals surface area (Å²) in [5.74, 6) is 0. The second-order valence-electron chi connectivity index (χ2n) is 3.22. The minimum Gasteiger partial charge on any atom is -0.276 e. The van der Waals surface area contributed by atoms with Gasteiger partial charge in [-0.1, -0.05) is 0 Å². The van der Waals surface area contributed by atoms with Crippen molar-refractivity contribution < 1.29 is 4.79 Å². The molecule has 0 amide bonds. The first-order chi connectivity index (χ1) is 7.86. The molecular weight excluding hydrogens is 206 g/mol. The molecule has 78 valence electrons. The molecule has 0 aliphatic rings. The third kappa shape index (κ3) is 1.20. The van der Waals surface area contributed by atoms with Crippen LogP contribution in [-0.4, -0.2) is 30.1 Å². The smallest absolute Gasteiger partial charge is 0.276 e. The predicted molar refractivity (Wildman–Crippen MR) is 55.9 cm³/mol. The van der Waals surface area contributed by atoms with Gasteiger partial charge in [-0.25, -0.2) is 24.3 Å². The number of nitrogens with zero attached hydrogens (tertiary/aromatic N) is 5. The molecule has 0 unspecified atom stereocenters. The van der Waals surface area contributed by atoms with E-state index in [-0.39, 0.29) is 6.03 Å². The Kier molecular flexibility index (Phi) is 1.79. The number of imidazole rings is 1. The van der Waals surface area contributed by atoms with Gasteiger partial charge in [-0.3, -0.25) is 4.57 Å². The molecule has 0 N–H and O–H groups in total. The van der Waals surface area contributed by atoms with Crippen molar-refractivity contribution in [2.45, 2.75) is 0 Å². The van der Waals surface area contributed by atoms with Crippen molar-refractivity contribution in [1.82, 2.24) is 24.1 Å². The average molecular weight is 213 g/mol. The zero-order chi connectivity index (χ0) is 11.0. The van der Waals surface area contributed by atoms with Crippen LogP contribution in [0.25, 0.3) is 11.2 Å². The summed E-state index contributed by atoms with van der Waals surface area (Å²) in [5.41, 5.74) is 1.11. The van der Waals surface area contributed by atoms with E-state index in [2.05, 4.69) is 15.0 Å². The van der Waals surface area contributed by atoms with Crippen LogP contribution in [0.2, 0.25) is 0 Å². The Labute approximate surface area is 90.2 Å². The van der Waals surface area contributed by atoms with Crippen LogP contribution in [0.15, 0.2) is 43.4 Å². The summed E-state index contributed by atoms with van der Waals surface area (Å²) in [6.07, 6.45) is 7.76. The molecule has 6 nitrogen and oxygen atoms in total. The highest BCUT2D eigenvalue weighted by atomic mass is 16.2. The van der Waals surface area contributed by atoms with E-state index in [0.29, 0.717) is 11.2 Å². The summed E-state index contributed by atoms with van der Waals surface area (Å²) >= 11 is 0. The average Bonchev–Trinajstić information content (AvgIpc) is 2.98. The quantitative estimate of drug-likeness (QED) is 0.561. The molecule has 0 aliphatic heterocycles. The molecule has 3 aromatic rings. The molecule has 3 aromatic heterocycles. The summed E-state index contributed by atoms with van der Waals surface area (Å²) in [7, 11) is 0. The van der Waals surface area contributed by atoms with E-state index in [4.69, 9.17) is 0 Å². The molecule has 0 atom stereocenters. The summed E-state index contributed by atoms with van der Waals surface area (Å²) < 4.78 is 2.85. The van der Waals surface area contributed by atoms with Gasteiger partial charge in [0.25, 0.3) is 0 Å². The van der Waals surface area contributed by atoms with Gasteiger partial charge in [0.05, 0.1) is 6.20 Å². The molecule has 6 heteroatoms. The zero-order valence-corrected chi connectivity index (χ0v) is 8.19. The first kappa shape index (κ1) is 8.78. The second-order valence-corrected chi connectivity index (χ2v) is 3.22. The Hall–Kier alpha value is -2.50. The molecular formula is C10H7N5O. The molecule has 0 fully saturated rings. The Balaban J connectivity index is 2.16. The van der Waals surface area contributed by atoms with Crippen molar-refractivity contribution in [3.05, 3.63) is 43.4 Å². The van der Waals surface area contributed by atoms with Gasteiger partial charge < -0.3 is 0 Å². The Morgan fingerprint density at radius 3 is 2.81 bits per heavy atom. The maximum Gasteiger partial charge on any atom is 0.339 e. The summed E-state index contributed by atoms with van der Waals surface area (Å²) in [4.78, 5) is 23.9. The fourth-order valence-electron chi connectivity index (χ4n) is 1.49. The zero-order valence-electron chi connectivity index (χ0n) is 8.19. The number of carbonyl (C=O) groups is 1. The Morgan fingerprint density at radius 1 is 1.19 bits per heavy atom. The van der Waals surface area contributed by atoms with Crippen molar-refractivity contribution in [3.63, 3.8) is 0 Å². The van der Waals surface area contributed by atoms with Crippen LogP contribution in [0.5, 0.6) is 0 Å². The van der Waals surface area contributed by atoms with Crippen molar-refractivity contribution in [2.24, 2.45) is 0 Å². The number of hydrogen-bond acceptors (Lipinski definition) is 4. The third-order valence-corrected chi connectivity index (χ3v) is 2.24. The molecule has 0 radical (unpaired) electrons. The summed E-state index contributed by atoms with van der Waals surface area (Å²) in [6.45, 7) is 0. The van der Waals surface area contributed by atoms with Crippen LogP contribution in [-0.2, 0) is 0 Å². The molecule has 3 rings (SSSR count). The Bertz CT molecular complexity index is 640. The number of hydrogen-bond donors (Lipinski definition) is 0. The lowest BCUT2D eigenvalue weighted by Gasteiger charge is -2.01. The number of carbonyl (C=O) groups excluding carboxylic acids is 1. The van der Waals surface area contributed by atoms with Crippen LogP contribution < -0.4 is 0 Å². The maximum absolute atomic E-state index is 12.0. The molecule has 0 aromatic carbocycles. The van der Waals surface area contributed by atoms with Crippen LogP contribution in [0.1, 0.15) is 0 Å². The number of fused-ring (bicyclic) bond motifs is 1. The van der Waals surface area contributed by atoms with Crippen LogP contribution in [0.4, 0.5) is 4.79 Å². The highest BCUT2D eigenvalue weighted by Crippen LogP contribution is 2.08. The van der Waals surface area contributed by atoms with E-state index in [1.807, 2.05) is 0 Å². The van der Waals surface area contributed by atoms with Gasteiger partial charge in [-0.15, -0.1) is 0 Å². The van der Waals surface area contributed by atoms with E-state index >= 15 is 0 Å². The summed E-state index contributed by atoms with van der Waals surface area (Å²) in [5, 5.41) is 0. The Morgan fingerprint density at radius 2 is 2.00 bits per heavy atom. The molecule has 0 aliphatic carbocycles. The SMILES string of the molecule is O=C(n1cccc1)n1cnc2cncnc21. The predicted octanol–water partition coefficient (Wildman–Crippen LogP) is 1.14. The number of rotatable bonds is 0. The normalized spacial score (nSPS) is 10.8. The van der Waals surface area contributed by atoms with Crippen LogP contribution in [0.3, 0.4) is 0 Å².